The molecule has 0 aromatic heterocycles. The van der Waals surface area contributed by atoms with Crippen molar-refractivity contribution in [2.45, 2.75) is 20.3 Å². The summed E-state index contributed by atoms with van der Waals surface area (Å²) in [6.45, 7) is 7.98. The highest BCUT2D eigenvalue weighted by Gasteiger charge is 1.98. The van der Waals surface area contributed by atoms with Crippen molar-refractivity contribution in [3.05, 3.63) is 29.8 Å². The fourth-order valence-corrected chi connectivity index (χ4v) is 2.68. The van der Waals surface area contributed by atoms with E-state index in [0.717, 1.165) is 25.2 Å². The van der Waals surface area contributed by atoms with Crippen molar-refractivity contribution in [2.75, 3.05) is 36.9 Å². The van der Waals surface area contributed by atoms with Gasteiger partial charge in [0.25, 0.3) is 0 Å². The summed E-state index contributed by atoms with van der Waals surface area (Å²) < 4.78 is 0. The third-order valence-electron chi connectivity index (χ3n) is 2.96. The predicted octanol–water partition coefficient (Wildman–Crippen LogP) is 2.89. The Balaban J connectivity index is 2.10. The van der Waals surface area contributed by atoms with Crippen LogP contribution in [0.1, 0.15) is 19.4 Å². The molecule has 0 fully saturated rings. The topological polar surface area (TPSA) is 29.3 Å². The summed E-state index contributed by atoms with van der Waals surface area (Å²) >= 11 is 2.04. The van der Waals surface area contributed by atoms with E-state index in [1.54, 1.807) is 0 Å². The van der Waals surface area contributed by atoms with Crippen molar-refractivity contribution in [1.82, 2.24) is 4.90 Å². The number of anilines is 1. The average Bonchev–Trinajstić information content (AvgIpc) is 2.36. The lowest BCUT2D eigenvalue weighted by atomic mass is 10.2. The van der Waals surface area contributed by atoms with Crippen molar-refractivity contribution >= 4 is 17.4 Å². The highest BCUT2D eigenvalue weighted by Crippen LogP contribution is 2.10. The largest absolute Gasteiger partial charge is 0.399 e. The molecule has 1 rings (SSSR count). The van der Waals surface area contributed by atoms with E-state index < -0.39 is 0 Å². The molecule has 0 radical (unpaired) electrons. The lowest BCUT2D eigenvalue weighted by molar-refractivity contribution is 0.324. The second-order valence-electron chi connectivity index (χ2n) is 4.13. The molecule has 0 amide bonds. The summed E-state index contributed by atoms with van der Waals surface area (Å²) in [5, 5.41) is 0. The van der Waals surface area contributed by atoms with E-state index >= 15 is 0 Å². The Labute approximate surface area is 110 Å². The van der Waals surface area contributed by atoms with Crippen LogP contribution in [0.3, 0.4) is 0 Å². The Bertz CT molecular complexity index is 294. The number of hydrogen-bond acceptors (Lipinski definition) is 3. The minimum absolute atomic E-state index is 0.850. The fraction of sp³-hybridized carbons (Fsp3) is 0.571. The van der Waals surface area contributed by atoms with Crippen molar-refractivity contribution in [2.24, 2.45) is 0 Å². The first-order valence-corrected chi connectivity index (χ1v) is 7.56. The molecule has 3 heteroatoms. The molecule has 1 aromatic rings. The molecule has 0 bridgehead atoms. The molecule has 0 aliphatic rings. The predicted molar refractivity (Wildman–Crippen MR) is 79.7 cm³/mol. The first-order valence-electron chi connectivity index (χ1n) is 6.40. The maximum absolute atomic E-state index is 5.66. The van der Waals surface area contributed by atoms with E-state index in [4.69, 9.17) is 5.73 Å². The maximum Gasteiger partial charge on any atom is 0.0314 e. The number of nitrogens with zero attached hydrogens (tertiary/aromatic N) is 1. The quantitative estimate of drug-likeness (QED) is 0.570. The van der Waals surface area contributed by atoms with Crippen molar-refractivity contribution in [1.29, 1.82) is 0 Å². The normalized spacial score (nSPS) is 11.0. The smallest absolute Gasteiger partial charge is 0.0314 e. The second kappa shape index (κ2) is 8.43. The van der Waals surface area contributed by atoms with E-state index in [0.29, 0.717) is 0 Å². The molecule has 0 saturated heterocycles. The van der Waals surface area contributed by atoms with Crippen molar-refractivity contribution in [3.63, 3.8) is 0 Å². The zero-order valence-corrected chi connectivity index (χ0v) is 11.8. The van der Waals surface area contributed by atoms with Crippen LogP contribution in [-0.2, 0) is 6.42 Å². The first kappa shape index (κ1) is 14.4. The van der Waals surface area contributed by atoms with Gasteiger partial charge in [0.15, 0.2) is 0 Å². The van der Waals surface area contributed by atoms with Crippen molar-refractivity contribution in [3.8, 4) is 0 Å². The van der Waals surface area contributed by atoms with Gasteiger partial charge in [-0.05, 0) is 43.0 Å². The molecule has 1 aromatic carbocycles. The van der Waals surface area contributed by atoms with Gasteiger partial charge in [0, 0.05) is 18.0 Å². The van der Waals surface area contributed by atoms with Crippen LogP contribution in [0.2, 0.25) is 0 Å². The van der Waals surface area contributed by atoms with E-state index in [1.165, 1.54) is 23.6 Å². The summed E-state index contributed by atoms with van der Waals surface area (Å²) in [5.41, 5.74) is 7.89. The molecule has 96 valence electrons. The molecule has 0 unspecified atom stereocenters. The number of nitrogen functional groups attached to an aromatic ring is 1. The van der Waals surface area contributed by atoms with Gasteiger partial charge in [0.2, 0.25) is 0 Å². The Morgan fingerprint density at radius 3 is 2.29 bits per heavy atom. The molecular weight excluding hydrogens is 228 g/mol. The molecule has 2 N–H and O–H groups in total. The number of rotatable bonds is 8. The van der Waals surface area contributed by atoms with E-state index in [1.807, 2.05) is 23.9 Å². The van der Waals surface area contributed by atoms with Crippen LogP contribution in [0.15, 0.2) is 24.3 Å². The number of benzene rings is 1. The van der Waals surface area contributed by atoms with Gasteiger partial charge in [0.1, 0.15) is 0 Å². The number of hydrogen-bond donors (Lipinski definition) is 1. The fourth-order valence-electron chi connectivity index (χ4n) is 1.71. The third kappa shape index (κ3) is 5.99. The minimum Gasteiger partial charge on any atom is -0.399 e. The number of nitrogens with two attached hydrogens (primary N) is 1. The summed E-state index contributed by atoms with van der Waals surface area (Å²) in [4.78, 5) is 2.47. The zero-order valence-electron chi connectivity index (χ0n) is 11.0. The van der Waals surface area contributed by atoms with E-state index in [2.05, 4.69) is 30.9 Å². The molecule has 0 aliphatic carbocycles. The van der Waals surface area contributed by atoms with Crippen LogP contribution in [0, 0.1) is 0 Å². The molecule has 0 heterocycles. The molecule has 0 atom stereocenters. The number of thioether (sulfide) groups is 1. The summed E-state index contributed by atoms with van der Waals surface area (Å²) in [6.07, 6.45) is 1.14. The standard InChI is InChI=1S/C14H24N2S/c1-3-16(4-2)10-12-17-11-9-13-5-7-14(15)8-6-13/h5-8H,3-4,9-12,15H2,1-2H3. The van der Waals surface area contributed by atoms with Gasteiger partial charge in [0.05, 0.1) is 0 Å². The average molecular weight is 252 g/mol. The first-order chi connectivity index (χ1) is 8.26. The maximum atomic E-state index is 5.66. The van der Waals surface area contributed by atoms with Gasteiger partial charge in [-0.25, -0.2) is 0 Å². The van der Waals surface area contributed by atoms with Gasteiger partial charge in [-0.15, -0.1) is 0 Å². The minimum atomic E-state index is 0.850. The monoisotopic (exact) mass is 252 g/mol. The van der Waals surface area contributed by atoms with Gasteiger partial charge in [-0.3, -0.25) is 0 Å². The SMILES string of the molecule is CCN(CC)CCSCCc1ccc(N)cc1. The van der Waals surface area contributed by atoms with Crippen LogP contribution < -0.4 is 5.73 Å². The lowest BCUT2D eigenvalue weighted by Crippen LogP contribution is -2.25. The van der Waals surface area contributed by atoms with Crippen LogP contribution in [0.5, 0.6) is 0 Å². The van der Waals surface area contributed by atoms with E-state index in [-0.39, 0.29) is 0 Å². The molecule has 0 spiro atoms. The molecule has 0 aliphatic heterocycles. The lowest BCUT2D eigenvalue weighted by Gasteiger charge is -2.17. The number of aryl methyl sites for hydroxylation is 1. The van der Waals surface area contributed by atoms with Gasteiger partial charge < -0.3 is 10.6 Å². The summed E-state index contributed by atoms with van der Waals surface area (Å²) in [5.74, 6) is 2.43. The van der Waals surface area contributed by atoms with Crippen molar-refractivity contribution < 1.29 is 0 Å². The second-order valence-corrected chi connectivity index (χ2v) is 5.36. The van der Waals surface area contributed by atoms with E-state index in [9.17, 15) is 0 Å². The summed E-state index contributed by atoms with van der Waals surface area (Å²) in [7, 11) is 0. The Morgan fingerprint density at radius 1 is 1.06 bits per heavy atom. The highest BCUT2D eigenvalue weighted by atomic mass is 32.2. The Hall–Kier alpha value is -0.670. The van der Waals surface area contributed by atoms with Gasteiger partial charge in [-0.2, -0.15) is 11.8 Å². The summed E-state index contributed by atoms with van der Waals surface area (Å²) in [6, 6.07) is 8.21. The third-order valence-corrected chi connectivity index (χ3v) is 3.93. The molecule has 2 nitrogen and oxygen atoms in total. The molecule has 17 heavy (non-hydrogen) atoms. The van der Waals surface area contributed by atoms with Gasteiger partial charge in [-0.1, -0.05) is 26.0 Å². The van der Waals surface area contributed by atoms with Crippen LogP contribution in [0.25, 0.3) is 0 Å². The molecule has 0 saturated carbocycles. The van der Waals surface area contributed by atoms with Gasteiger partial charge >= 0.3 is 0 Å². The van der Waals surface area contributed by atoms with Crippen LogP contribution >= 0.6 is 11.8 Å². The zero-order chi connectivity index (χ0) is 12.5. The van der Waals surface area contributed by atoms with Crippen LogP contribution in [0.4, 0.5) is 5.69 Å². The Kier molecular flexibility index (Phi) is 7.13. The molecular formula is C14H24N2S. The Morgan fingerprint density at radius 2 is 1.71 bits per heavy atom. The highest BCUT2D eigenvalue weighted by molar-refractivity contribution is 7.99. The van der Waals surface area contributed by atoms with Crippen LogP contribution in [-0.4, -0.2) is 36.0 Å².